The Bertz CT molecular complexity index is 564. The molecule has 0 amide bonds. The summed E-state index contributed by atoms with van der Waals surface area (Å²) in [5.41, 5.74) is -0.673. The third kappa shape index (κ3) is 2.59. The Labute approximate surface area is 116 Å². The summed E-state index contributed by atoms with van der Waals surface area (Å²) in [7, 11) is 0. The predicted molar refractivity (Wildman–Crippen MR) is 77.2 cm³/mol. The SMILES string of the molecule is CCc1c(O)n(C2CCCCC2SC)c(=O)[nH]c1=O. The van der Waals surface area contributed by atoms with E-state index in [1.807, 2.05) is 6.26 Å². The molecule has 0 spiro atoms. The lowest BCUT2D eigenvalue weighted by Gasteiger charge is -2.32. The van der Waals surface area contributed by atoms with Gasteiger partial charge in [-0.2, -0.15) is 11.8 Å². The first-order chi connectivity index (χ1) is 9.10. The molecule has 2 N–H and O–H groups in total. The molecule has 1 aromatic rings. The minimum atomic E-state index is -0.495. The van der Waals surface area contributed by atoms with E-state index in [1.165, 1.54) is 4.57 Å². The van der Waals surface area contributed by atoms with Crippen LogP contribution in [0.2, 0.25) is 0 Å². The number of hydrogen-bond acceptors (Lipinski definition) is 4. The van der Waals surface area contributed by atoms with Gasteiger partial charge in [0.1, 0.15) is 0 Å². The minimum absolute atomic E-state index is 0.0293. The van der Waals surface area contributed by atoms with Gasteiger partial charge in [-0.15, -0.1) is 0 Å². The summed E-state index contributed by atoms with van der Waals surface area (Å²) in [6.07, 6.45) is 6.55. The average Bonchev–Trinajstić information content (AvgIpc) is 2.39. The number of nitrogens with one attached hydrogen (secondary N) is 1. The van der Waals surface area contributed by atoms with Gasteiger partial charge in [-0.1, -0.05) is 19.8 Å². The van der Waals surface area contributed by atoms with Crippen molar-refractivity contribution in [1.29, 1.82) is 0 Å². The summed E-state index contributed by atoms with van der Waals surface area (Å²) in [6.45, 7) is 1.80. The topological polar surface area (TPSA) is 75.1 Å². The van der Waals surface area contributed by atoms with E-state index in [0.717, 1.165) is 25.7 Å². The largest absolute Gasteiger partial charge is 0.494 e. The Morgan fingerprint density at radius 2 is 2.05 bits per heavy atom. The fraction of sp³-hybridized carbons (Fsp3) is 0.692. The van der Waals surface area contributed by atoms with E-state index < -0.39 is 11.2 Å². The zero-order chi connectivity index (χ0) is 14.0. The van der Waals surface area contributed by atoms with E-state index in [1.54, 1.807) is 18.7 Å². The Morgan fingerprint density at radius 1 is 1.37 bits per heavy atom. The predicted octanol–water partition coefficient (Wildman–Crippen LogP) is 1.65. The van der Waals surface area contributed by atoms with Gasteiger partial charge in [0.05, 0.1) is 11.6 Å². The van der Waals surface area contributed by atoms with E-state index >= 15 is 0 Å². The number of aromatic nitrogens is 2. The molecule has 0 saturated heterocycles. The van der Waals surface area contributed by atoms with Gasteiger partial charge >= 0.3 is 5.69 Å². The molecule has 5 nitrogen and oxygen atoms in total. The fourth-order valence-corrected chi connectivity index (χ4v) is 3.82. The molecule has 1 saturated carbocycles. The molecule has 106 valence electrons. The number of nitrogens with zero attached hydrogens (tertiary/aromatic N) is 1. The Balaban J connectivity index is 2.55. The van der Waals surface area contributed by atoms with Crippen LogP contribution in [0.3, 0.4) is 0 Å². The molecule has 2 rings (SSSR count). The smallest absolute Gasteiger partial charge is 0.331 e. The maximum atomic E-state index is 12.0. The molecule has 1 aromatic heterocycles. The van der Waals surface area contributed by atoms with E-state index in [0.29, 0.717) is 17.2 Å². The second kappa shape index (κ2) is 5.86. The van der Waals surface area contributed by atoms with Crippen LogP contribution >= 0.6 is 11.8 Å². The molecule has 0 bridgehead atoms. The molecular weight excluding hydrogens is 264 g/mol. The fourth-order valence-electron chi connectivity index (χ4n) is 2.85. The van der Waals surface area contributed by atoms with Crippen LogP contribution in [-0.2, 0) is 6.42 Å². The van der Waals surface area contributed by atoms with Crippen molar-refractivity contribution in [3.8, 4) is 5.88 Å². The summed E-state index contributed by atoms with van der Waals surface area (Å²) < 4.78 is 1.39. The third-order valence-electron chi connectivity index (χ3n) is 3.87. The summed E-state index contributed by atoms with van der Waals surface area (Å²) in [5.74, 6) is -0.151. The molecule has 1 heterocycles. The van der Waals surface area contributed by atoms with Crippen molar-refractivity contribution in [2.45, 2.75) is 50.3 Å². The maximum absolute atomic E-state index is 12.0. The first-order valence-electron chi connectivity index (χ1n) is 6.69. The lowest BCUT2D eigenvalue weighted by Crippen LogP contribution is -2.38. The van der Waals surface area contributed by atoms with Gasteiger partial charge in [-0.05, 0) is 25.5 Å². The monoisotopic (exact) mass is 284 g/mol. The van der Waals surface area contributed by atoms with Crippen molar-refractivity contribution in [2.24, 2.45) is 0 Å². The van der Waals surface area contributed by atoms with E-state index in [2.05, 4.69) is 4.98 Å². The van der Waals surface area contributed by atoms with Crippen LogP contribution in [0.4, 0.5) is 0 Å². The van der Waals surface area contributed by atoms with Crippen LogP contribution in [-0.4, -0.2) is 26.2 Å². The summed E-state index contributed by atoms with van der Waals surface area (Å²) in [6, 6.07) is -0.0293. The standard InChI is InChI=1S/C13H20N2O3S/c1-3-8-11(16)14-13(18)15(12(8)17)9-6-4-5-7-10(9)19-2/h9-10,17H,3-7H2,1-2H3,(H,14,16,18). The van der Waals surface area contributed by atoms with Gasteiger partial charge in [0, 0.05) is 5.25 Å². The zero-order valence-corrected chi connectivity index (χ0v) is 12.1. The van der Waals surface area contributed by atoms with Crippen molar-refractivity contribution in [3.05, 3.63) is 26.4 Å². The molecular formula is C13H20N2O3S. The van der Waals surface area contributed by atoms with Crippen LogP contribution in [0.25, 0.3) is 0 Å². The highest BCUT2D eigenvalue weighted by atomic mass is 32.2. The second-order valence-electron chi connectivity index (χ2n) is 4.91. The normalized spacial score (nSPS) is 23.5. The van der Waals surface area contributed by atoms with E-state index in [4.69, 9.17) is 0 Å². The van der Waals surface area contributed by atoms with E-state index in [9.17, 15) is 14.7 Å². The van der Waals surface area contributed by atoms with Crippen LogP contribution in [0.1, 0.15) is 44.2 Å². The highest BCUT2D eigenvalue weighted by Gasteiger charge is 2.29. The highest BCUT2D eigenvalue weighted by molar-refractivity contribution is 7.99. The number of H-pyrrole nitrogens is 1. The average molecular weight is 284 g/mol. The maximum Gasteiger partial charge on any atom is 0.331 e. The summed E-state index contributed by atoms with van der Waals surface area (Å²) >= 11 is 1.72. The minimum Gasteiger partial charge on any atom is -0.494 e. The molecule has 2 atom stereocenters. The van der Waals surface area contributed by atoms with Crippen LogP contribution in [0.15, 0.2) is 9.59 Å². The summed E-state index contributed by atoms with van der Waals surface area (Å²) in [5, 5.41) is 10.6. The molecule has 19 heavy (non-hydrogen) atoms. The van der Waals surface area contributed by atoms with Crippen LogP contribution in [0.5, 0.6) is 5.88 Å². The van der Waals surface area contributed by atoms with Crippen molar-refractivity contribution in [1.82, 2.24) is 9.55 Å². The zero-order valence-electron chi connectivity index (χ0n) is 11.3. The first kappa shape index (κ1) is 14.2. The molecule has 1 fully saturated rings. The van der Waals surface area contributed by atoms with Gasteiger partial charge in [-0.25, -0.2) is 4.79 Å². The summed E-state index contributed by atoms with van der Waals surface area (Å²) in [4.78, 5) is 26.0. The van der Waals surface area contributed by atoms with Gasteiger partial charge in [0.2, 0.25) is 5.88 Å². The first-order valence-corrected chi connectivity index (χ1v) is 7.98. The Morgan fingerprint density at radius 3 is 2.68 bits per heavy atom. The van der Waals surface area contributed by atoms with E-state index in [-0.39, 0.29) is 11.9 Å². The molecule has 6 heteroatoms. The lowest BCUT2D eigenvalue weighted by atomic mass is 9.94. The third-order valence-corrected chi connectivity index (χ3v) is 5.02. The highest BCUT2D eigenvalue weighted by Crippen LogP contribution is 2.36. The molecule has 0 aliphatic heterocycles. The quantitative estimate of drug-likeness (QED) is 0.885. The molecule has 0 radical (unpaired) electrons. The number of hydrogen-bond donors (Lipinski definition) is 2. The number of thioether (sulfide) groups is 1. The van der Waals surface area contributed by atoms with Gasteiger partial charge in [-0.3, -0.25) is 14.3 Å². The van der Waals surface area contributed by atoms with Crippen molar-refractivity contribution in [2.75, 3.05) is 6.26 Å². The van der Waals surface area contributed by atoms with Crippen LogP contribution < -0.4 is 11.2 Å². The number of rotatable bonds is 3. The van der Waals surface area contributed by atoms with Gasteiger partial charge in [0.25, 0.3) is 5.56 Å². The second-order valence-corrected chi connectivity index (χ2v) is 5.99. The number of aromatic amines is 1. The molecule has 0 aromatic carbocycles. The molecule has 1 aliphatic carbocycles. The van der Waals surface area contributed by atoms with Crippen molar-refractivity contribution in [3.63, 3.8) is 0 Å². The molecule has 2 unspecified atom stereocenters. The van der Waals surface area contributed by atoms with Crippen LogP contribution in [0, 0.1) is 0 Å². The lowest BCUT2D eigenvalue weighted by molar-refractivity contribution is 0.303. The molecule has 1 aliphatic rings. The number of aromatic hydroxyl groups is 1. The van der Waals surface area contributed by atoms with Gasteiger partial charge in [0.15, 0.2) is 0 Å². The Hall–Kier alpha value is -1.17. The van der Waals surface area contributed by atoms with Crippen molar-refractivity contribution >= 4 is 11.8 Å². The Kier molecular flexibility index (Phi) is 4.39. The van der Waals surface area contributed by atoms with Gasteiger partial charge < -0.3 is 5.11 Å². The van der Waals surface area contributed by atoms with Crippen molar-refractivity contribution < 1.29 is 5.11 Å².